The molecule has 0 amide bonds. The Kier molecular flexibility index (Phi) is 2.35. The summed E-state index contributed by atoms with van der Waals surface area (Å²) in [5.41, 5.74) is 0. The zero-order valence-corrected chi connectivity index (χ0v) is 8.61. The largest absolute Gasteiger partial charge is 0.305 e. The minimum atomic E-state index is -3.41. The van der Waals surface area contributed by atoms with Gasteiger partial charge < -0.3 is 4.55 Å². The highest BCUT2D eigenvalue weighted by Crippen LogP contribution is 2.47. The van der Waals surface area contributed by atoms with E-state index in [1.165, 1.54) is 13.8 Å². The lowest BCUT2D eigenvalue weighted by atomic mass is 10.6. The molecule has 1 fully saturated rings. The molecule has 0 radical (unpaired) electrons. The first-order chi connectivity index (χ1) is 5.34. The Bertz CT molecular complexity index is 300. The van der Waals surface area contributed by atoms with Crippen molar-refractivity contribution in [1.29, 1.82) is 0 Å². The third-order valence-corrected chi connectivity index (χ3v) is 6.97. The molecule has 4 nitrogen and oxygen atoms in total. The Morgan fingerprint density at radius 3 is 1.92 bits per heavy atom. The standard InChI is InChI=1S/C6H12O4S2/c1-5(2)12(9,10)6(3-4-6)11(7)8/h5H,3-4H2,1-2H3,(H,7,8). The predicted molar refractivity (Wildman–Crippen MR) is 46.8 cm³/mol. The van der Waals surface area contributed by atoms with Crippen LogP contribution in [0.1, 0.15) is 26.7 Å². The first-order valence-corrected chi connectivity index (χ1v) is 6.34. The molecule has 12 heavy (non-hydrogen) atoms. The van der Waals surface area contributed by atoms with E-state index in [2.05, 4.69) is 0 Å². The van der Waals surface area contributed by atoms with Crippen LogP contribution < -0.4 is 0 Å². The van der Waals surface area contributed by atoms with Gasteiger partial charge in [-0.1, -0.05) is 0 Å². The molecule has 0 heterocycles. The Morgan fingerprint density at radius 2 is 1.83 bits per heavy atom. The molecule has 0 bridgehead atoms. The van der Waals surface area contributed by atoms with E-state index < -0.39 is 30.2 Å². The van der Waals surface area contributed by atoms with E-state index in [-0.39, 0.29) is 0 Å². The number of rotatable bonds is 3. The van der Waals surface area contributed by atoms with Crippen LogP contribution in [-0.2, 0) is 20.9 Å². The second kappa shape index (κ2) is 2.78. The fraction of sp³-hybridized carbons (Fsp3) is 1.00. The van der Waals surface area contributed by atoms with Crippen molar-refractivity contribution in [3.63, 3.8) is 0 Å². The van der Waals surface area contributed by atoms with E-state index in [4.69, 9.17) is 4.55 Å². The third kappa shape index (κ3) is 1.22. The van der Waals surface area contributed by atoms with Crippen molar-refractivity contribution in [2.75, 3.05) is 0 Å². The Balaban J connectivity index is 3.06. The minimum Gasteiger partial charge on any atom is -0.305 e. The zero-order valence-electron chi connectivity index (χ0n) is 6.98. The smallest absolute Gasteiger partial charge is 0.174 e. The molecule has 1 rings (SSSR count). The lowest BCUT2D eigenvalue weighted by Gasteiger charge is -2.14. The number of sulfone groups is 1. The van der Waals surface area contributed by atoms with Crippen LogP contribution in [0.15, 0.2) is 0 Å². The van der Waals surface area contributed by atoms with Crippen LogP contribution in [0.25, 0.3) is 0 Å². The van der Waals surface area contributed by atoms with Gasteiger partial charge in [0.05, 0.1) is 5.25 Å². The quantitative estimate of drug-likeness (QED) is 0.692. The van der Waals surface area contributed by atoms with Crippen molar-refractivity contribution in [3.05, 3.63) is 0 Å². The molecule has 72 valence electrons. The first-order valence-electron chi connectivity index (χ1n) is 3.69. The van der Waals surface area contributed by atoms with Gasteiger partial charge in [0.25, 0.3) is 0 Å². The SMILES string of the molecule is CC(C)S(=O)(=O)C1(S(=O)O)CC1. The molecule has 1 unspecified atom stereocenters. The normalized spacial score (nSPS) is 24.0. The van der Waals surface area contributed by atoms with Crippen LogP contribution >= 0.6 is 0 Å². The molecule has 0 spiro atoms. The van der Waals surface area contributed by atoms with Crippen LogP contribution in [0.3, 0.4) is 0 Å². The van der Waals surface area contributed by atoms with Crippen molar-refractivity contribution < 1.29 is 17.2 Å². The topological polar surface area (TPSA) is 71.4 Å². The molecule has 1 aliphatic rings. The van der Waals surface area contributed by atoms with Crippen molar-refractivity contribution in [2.45, 2.75) is 36.0 Å². The van der Waals surface area contributed by atoms with Crippen LogP contribution in [0.4, 0.5) is 0 Å². The van der Waals surface area contributed by atoms with Crippen molar-refractivity contribution in [2.24, 2.45) is 0 Å². The van der Waals surface area contributed by atoms with Gasteiger partial charge in [0.2, 0.25) is 0 Å². The summed E-state index contributed by atoms with van der Waals surface area (Å²) >= 11 is -2.24. The van der Waals surface area contributed by atoms with Gasteiger partial charge in [0.1, 0.15) is 0 Å². The van der Waals surface area contributed by atoms with Crippen molar-refractivity contribution in [1.82, 2.24) is 0 Å². The molecule has 6 heteroatoms. The maximum absolute atomic E-state index is 11.5. The second-order valence-corrected chi connectivity index (χ2v) is 7.61. The zero-order chi connectivity index (χ0) is 9.57. The van der Waals surface area contributed by atoms with Gasteiger partial charge in [-0.25, -0.2) is 12.6 Å². The summed E-state index contributed by atoms with van der Waals surface area (Å²) in [5.74, 6) is 0. The van der Waals surface area contributed by atoms with E-state index in [1.807, 2.05) is 0 Å². The van der Waals surface area contributed by atoms with Crippen LogP contribution in [-0.4, -0.2) is 26.5 Å². The summed E-state index contributed by atoms with van der Waals surface area (Å²) in [6.07, 6.45) is 0.632. The average molecular weight is 212 g/mol. The van der Waals surface area contributed by atoms with Gasteiger partial charge in [0.15, 0.2) is 25.0 Å². The molecule has 1 atom stereocenters. The maximum Gasteiger partial charge on any atom is 0.174 e. The highest BCUT2D eigenvalue weighted by Gasteiger charge is 2.60. The van der Waals surface area contributed by atoms with E-state index in [9.17, 15) is 12.6 Å². The molecular formula is C6H12O4S2. The molecule has 1 aliphatic carbocycles. The maximum atomic E-state index is 11.5. The summed E-state index contributed by atoms with van der Waals surface area (Å²) in [6.45, 7) is 3.06. The highest BCUT2D eigenvalue weighted by molar-refractivity contribution is 8.06. The van der Waals surface area contributed by atoms with Gasteiger partial charge in [-0.05, 0) is 26.7 Å². The molecule has 1 saturated carbocycles. The molecule has 0 aromatic rings. The molecule has 0 aromatic heterocycles. The average Bonchev–Trinajstić information content (AvgIpc) is 2.64. The van der Waals surface area contributed by atoms with E-state index >= 15 is 0 Å². The lowest BCUT2D eigenvalue weighted by Crippen LogP contribution is -2.33. The fourth-order valence-corrected chi connectivity index (χ4v) is 4.44. The summed E-state index contributed by atoms with van der Waals surface area (Å²) < 4.78 is 41.3. The van der Waals surface area contributed by atoms with Crippen LogP contribution in [0, 0.1) is 0 Å². The van der Waals surface area contributed by atoms with Crippen LogP contribution in [0.2, 0.25) is 0 Å². The molecule has 1 N–H and O–H groups in total. The monoisotopic (exact) mass is 212 g/mol. The molecule has 0 saturated heterocycles. The Hall–Kier alpha value is 0.0600. The van der Waals surface area contributed by atoms with Gasteiger partial charge in [0, 0.05) is 0 Å². The molecular weight excluding hydrogens is 200 g/mol. The van der Waals surface area contributed by atoms with Gasteiger partial charge in [-0.15, -0.1) is 0 Å². The highest BCUT2D eigenvalue weighted by atomic mass is 32.3. The number of hydrogen-bond donors (Lipinski definition) is 1. The Morgan fingerprint density at radius 1 is 1.42 bits per heavy atom. The molecule has 0 aromatic carbocycles. The minimum absolute atomic E-state index is 0.316. The summed E-state index contributed by atoms with van der Waals surface area (Å²) in [6, 6.07) is 0. The van der Waals surface area contributed by atoms with Gasteiger partial charge >= 0.3 is 0 Å². The van der Waals surface area contributed by atoms with Crippen molar-refractivity contribution in [3.8, 4) is 0 Å². The fourth-order valence-electron chi connectivity index (χ4n) is 1.09. The van der Waals surface area contributed by atoms with Gasteiger partial charge in [-0.2, -0.15) is 0 Å². The van der Waals surface area contributed by atoms with E-state index in [0.29, 0.717) is 12.8 Å². The summed E-state index contributed by atoms with van der Waals surface area (Å²) in [7, 11) is -3.41. The molecule has 0 aliphatic heterocycles. The van der Waals surface area contributed by atoms with Gasteiger partial charge in [-0.3, -0.25) is 0 Å². The summed E-state index contributed by atoms with van der Waals surface area (Å²) in [5, 5.41) is -0.573. The number of hydrogen-bond acceptors (Lipinski definition) is 3. The van der Waals surface area contributed by atoms with E-state index in [0.717, 1.165) is 0 Å². The van der Waals surface area contributed by atoms with Crippen LogP contribution in [0.5, 0.6) is 0 Å². The lowest BCUT2D eigenvalue weighted by molar-refractivity contribution is 0.547. The third-order valence-electron chi connectivity index (χ3n) is 2.12. The second-order valence-electron chi connectivity index (χ2n) is 3.25. The summed E-state index contributed by atoms with van der Waals surface area (Å²) in [4.78, 5) is 0. The van der Waals surface area contributed by atoms with E-state index in [1.54, 1.807) is 0 Å². The predicted octanol–water partition coefficient (Wildman–Crippen LogP) is 0.521. The first kappa shape index (κ1) is 10.1. The van der Waals surface area contributed by atoms with Crippen molar-refractivity contribution >= 4 is 20.9 Å². The Labute approximate surface area is 74.6 Å².